The fourth-order valence-corrected chi connectivity index (χ4v) is 2.73. The number of ether oxygens (including phenoxy) is 1. The van der Waals surface area contributed by atoms with E-state index in [9.17, 15) is 15.2 Å². The van der Waals surface area contributed by atoms with Crippen LogP contribution in [0.1, 0.15) is 31.2 Å². The SMILES string of the molecule is COc1ccc(CC2CCCCC2O)cc1[N+](=O)[O-]. The zero-order valence-electron chi connectivity index (χ0n) is 11.0. The third kappa shape index (κ3) is 3.23. The topological polar surface area (TPSA) is 72.6 Å². The van der Waals surface area contributed by atoms with E-state index in [2.05, 4.69) is 0 Å². The van der Waals surface area contributed by atoms with Gasteiger partial charge in [0.2, 0.25) is 0 Å². The van der Waals surface area contributed by atoms with Crippen LogP contribution in [0.15, 0.2) is 18.2 Å². The Morgan fingerprint density at radius 1 is 1.42 bits per heavy atom. The molecule has 19 heavy (non-hydrogen) atoms. The van der Waals surface area contributed by atoms with Gasteiger partial charge in [0.1, 0.15) is 0 Å². The van der Waals surface area contributed by atoms with E-state index >= 15 is 0 Å². The molecule has 5 nitrogen and oxygen atoms in total. The van der Waals surface area contributed by atoms with Gasteiger partial charge < -0.3 is 9.84 Å². The first-order valence-corrected chi connectivity index (χ1v) is 6.61. The lowest BCUT2D eigenvalue weighted by atomic mass is 9.82. The molecule has 1 N–H and O–H groups in total. The first-order valence-electron chi connectivity index (χ1n) is 6.61. The van der Waals surface area contributed by atoms with Crippen LogP contribution >= 0.6 is 0 Å². The van der Waals surface area contributed by atoms with Crippen molar-refractivity contribution in [3.05, 3.63) is 33.9 Å². The van der Waals surface area contributed by atoms with Crippen molar-refractivity contribution in [3.8, 4) is 5.75 Å². The van der Waals surface area contributed by atoms with Gasteiger partial charge in [-0.1, -0.05) is 18.9 Å². The summed E-state index contributed by atoms with van der Waals surface area (Å²) in [4.78, 5) is 10.5. The zero-order valence-corrected chi connectivity index (χ0v) is 11.0. The molecule has 1 aromatic carbocycles. The predicted octanol–water partition coefficient (Wildman–Crippen LogP) is 2.70. The third-order valence-corrected chi connectivity index (χ3v) is 3.81. The predicted molar refractivity (Wildman–Crippen MR) is 71.3 cm³/mol. The lowest BCUT2D eigenvalue weighted by Crippen LogP contribution is -2.26. The Bertz CT molecular complexity index is 461. The van der Waals surface area contributed by atoms with Crippen molar-refractivity contribution in [2.75, 3.05) is 7.11 Å². The van der Waals surface area contributed by atoms with Gasteiger partial charge >= 0.3 is 5.69 Å². The van der Waals surface area contributed by atoms with Crippen molar-refractivity contribution >= 4 is 5.69 Å². The molecule has 1 aliphatic carbocycles. The van der Waals surface area contributed by atoms with Gasteiger partial charge in [-0.3, -0.25) is 10.1 Å². The normalized spacial score (nSPS) is 23.1. The van der Waals surface area contributed by atoms with E-state index in [4.69, 9.17) is 4.74 Å². The highest BCUT2D eigenvalue weighted by Gasteiger charge is 2.24. The number of hydrogen-bond donors (Lipinski definition) is 1. The minimum Gasteiger partial charge on any atom is -0.490 e. The number of rotatable bonds is 4. The molecule has 1 aliphatic rings. The largest absolute Gasteiger partial charge is 0.490 e. The van der Waals surface area contributed by atoms with Gasteiger partial charge in [-0.15, -0.1) is 0 Å². The summed E-state index contributed by atoms with van der Waals surface area (Å²) in [6, 6.07) is 5.02. The van der Waals surface area contributed by atoms with Crippen LogP contribution < -0.4 is 4.74 Å². The fraction of sp³-hybridized carbons (Fsp3) is 0.571. The zero-order chi connectivity index (χ0) is 13.8. The molecule has 0 saturated heterocycles. The lowest BCUT2D eigenvalue weighted by Gasteiger charge is -2.27. The molecular weight excluding hydrogens is 246 g/mol. The first-order chi connectivity index (χ1) is 9.11. The van der Waals surface area contributed by atoms with Crippen LogP contribution in [0.5, 0.6) is 5.75 Å². The van der Waals surface area contributed by atoms with Crippen molar-refractivity contribution < 1.29 is 14.8 Å². The minimum absolute atomic E-state index is 0.00898. The van der Waals surface area contributed by atoms with Gasteiger partial charge in [-0.25, -0.2) is 0 Å². The molecule has 2 rings (SSSR count). The van der Waals surface area contributed by atoms with Crippen LogP contribution in [-0.4, -0.2) is 23.2 Å². The maximum absolute atomic E-state index is 11.0. The summed E-state index contributed by atoms with van der Waals surface area (Å²) in [5, 5.41) is 20.9. The summed E-state index contributed by atoms with van der Waals surface area (Å²) in [5.74, 6) is 0.486. The molecule has 2 unspecified atom stereocenters. The molecule has 2 atom stereocenters. The molecule has 1 saturated carbocycles. The molecule has 0 radical (unpaired) electrons. The smallest absolute Gasteiger partial charge is 0.311 e. The van der Waals surface area contributed by atoms with E-state index in [1.165, 1.54) is 7.11 Å². The molecule has 0 spiro atoms. The lowest BCUT2D eigenvalue weighted by molar-refractivity contribution is -0.385. The van der Waals surface area contributed by atoms with Crippen LogP contribution in [0.4, 0.5) is 5.69 Å². The van der Waals surface area contributed by atoms with E-state index < -0.39 is 4.92 Å². The number of nitro groups is 1. The van der Waals surface area contributed by atoms with Crippen molar-refractivity contribution in [2.24, 2.45) is 5.92 Å². The maximum Gasteiger partial charge on any atom is 0.311 e. The van der Waals surface area contributed by atoms with E-state index in [1.807, 2.05) is 6.07 Å². The van der Waals surface area contributed by atoms with E-state index in [1.54, 1.807) is 12.1 Å². The van der Waals surface area contributed by atoms with Gasteiger partial charge in [-0.2, -0.15) is 0 Å². The standard InChI is InChI=1S/C14H19NO4/c1-19-14-7-6-10(9-12(14)15(17)18)8-11-4-2-3-5-13(11)16/h6-7,9,11,13,16H,2-5,8H2,1H3. The van der Waals surface area contributed by atoms with Crippen molar-refractivity contribution in [3.63, 3.8) is 0 Å². The average molecular weight is 265 g/mol. The second-order valence-corrected chi connectivity index (χ2v) is 5.08. The molecule has 0 bridgehead atoms. The highest BCUT2D eigenvalue weighted by molar-refractivity contribution is 5.48. The highest BCUT2D eigenvalue weighted by atomic mass is 16.6. The summed E-state index contributed by atoms with van der Waals surface area (Å²) in [6.07, 6.45) is 4.42. The van der Waals surface area contributed by atoms with Crippen LogP contribution in [0, 0.1) is 16.0 Å². The summed E-state index contributed by atoms with van der Waals surface area (Å²) in [6.45, 7) is 0. The van der Waals surface area contributed by atoms with Crippen LogP contribution in [0.2, 0.25) is 0 Å². The molecule has 104 valence electrons. The number of nitro benzene ring substituents is 1. The third-order valence-electron chi connectivity index (χ3n) is 3.81. The summed E-state index contributed by atoms with van der Waals surface area (Å²) in [7, 11) is 1.42. The molecule has 1 aromatic rings. The van der Waals surface area contributed by atoms with Gasteiger partial charge in [0, 0.05) is 6.07 Å². The Morgan fingerprint density at radius 3 is 2.79 bits per heavy atom. The van der Waals surface area contributed by atoms with Gasteiger partial charge in [0.05, 0.1) is 18.1 Å². The molecule has 0 amide bonds. The molecule has 0 heterocycles. The van der Waals surface area contributed by atoms with E-state index in [-0.39, 0.29) is 23.5 Å². The van der Waals surface area contributed by atoms with Crippen LogP contribution in [-0.2, 0) is 6.42 Å². The Balaban J connectivity index is 2.16. The molecule has 5 heteroatoms. The van der Waals surface area contributed by atoms with Crippen LogP contribution in [0.25, 0.3) is 0 Å². The van der Waals surface area contributed by atoms with Crippen molar-refractivity contribution in [1.82, 2.24) is 0 Å². The monoisotopic (exact) mass is 265 g/mol. The number of hydrogen-bond acceptors (Lipinski definition) is 4. The van der Waals surface area contributed by atoms with E-state index in [0.717, 1.165) is 31.2 Å². The van der Waals surface area contributed by atoms with Crippen LogP contribution in [0.3, 0.4) is 0 Å². The number of aliphatic hydroxyl groups excluding tert-OH is 1. The molecular formula is C14H19NO4. The Hall–Kier alpha value is -1.62. The minimum atomic E-state index is -0.431. The first kappa shape index (κ1) is 13.8. The van der Waals surface area contributed by atoms with Gasteiger partial charge in [0.15, 0.2) is 5.75 Å². The van der Waals surface area contributed by atoms with Gasteiger partial charge in [0.25, 0.3) is 0 Å². The Morgan fingerprint density at radius 2 is 2.16 bits per heavy atom. The summed E-state index contributed by atoms with van der Waals surface area (Å²) in [5.41, 5.74) is 0.878. The molecule has 0 aromatic heterocycles. The Kier molecular flexibility index (Phi) is 4.37. The number of benzene rings is 1. The van der Waals surface area contributed by atoms with Gasteiger partial charge in [-0.05, 0) is 36.8 Å². The van der Waals surface area contributed by atoms with Crippen molar-refractivity contribution in [1.29, 1.82) is 0 Å². The van der Waals surface area contributed by atoms with Crippen molar-refractivity contribution in [2.45, 2.75) is 38.2 Å². The summed E-state index contributed by atoms with van der Waals surface area (Å²) >= 11 is 0. The summed E-state index contributed by atoms with van der Waals surface area (Å²) < 4.78 is 4.98. The number of nitrogens with zero attached hydrogens (tertiary/aromatic N) is 1. The highest BCUT2D eigenvalue weighted by Crippen LogP contribution is 2.31. The number of aliphatic hydroxyl groups is 1. The Labute approximate surface area is 112 Å². The molecule has 0 aliphatic heterocycles. The maximum atomic E-state index is 11.0. The fourth-order valence-electron chi connectivity index (χ4n) is 2.73. The second-order valence-electron chi connectivity index (χ2n) is 5.08. The second kappa shape index (κ2) is 6.02. The molecule has 1 fully saturated rings. The van der Waals surface area contributed by atoms with E-state index in [0.29, 0.717) is 6.42 Å². The number of methoxy groups -OCH3 is 1. The average Bonchev–Trinajstić information content (AvgIpc) is 2.41. The quantitative estimate of drug-likeness (QED) is 0.671.